The maximum atomic E-state index is 12.1. The van der Waals surface area contributed by atoms with E-state index in [0.717, 1.165) is 32.4 Å². The lowest BCUT2D eigenvalue weighted by molar-refractivity contribution is -0.132. The number of carbonyl (C=O) groups is 1. The van der Waals surface area contributed by atoms with Gasteiger partial charge in [-0.15, -0.1) is 0 Å². The molecule has 0 fully saturated rings. The number of nitrogens with zero attached hydrogens (tertiary/aromatic N) is 1. The molecule has 0 aliphatic carbocycles. The van der Waals surface area contributed by atoms with Crippen molar-refractivity contribution in [3.63, 3.8) is 0 Å². The maximum Gasteiger partial charge on any atom is 0.222 e. The average molecular weight is 242 g/mol. The second kappa shape index (κ2) is 9.46. The molecule has 0 aromatic heterocycles. The highest BCUT2D eigenvalue weighted by molar-refractivity contribution is 5.76. The average Bonchev–Trinajstić information content (AvgIpc) is 2.27. The Bertz CT molecular complexity index is 198. The molecule has 3 nitrogen and oxygen atoms in total. The van der Waals surface area contributed by atoms with Gasteiger partial charge in [-0.3, -0.25) is 4.79 Å². The van der Waals surface area contributed by atoms with E-state index in [1.165, 1.54) is 0 Å². The Morgan fingerprint density at radius 1 is 1.18 bits per heavy atom. The molecule has 0 unspecified atom stereocenters. The molecule has 0 spiro atoms. The van der Waals surface area contributed by atoms with E-state index in [1.54, 1.807) is 0 Å². The van der Waals surface area contributed by atoms with E-state index in [1.807, 2.05) is 4.90 Å². The smallest absolute Gasteiger partial charge is 0.222 e. The Hall–Kier alpha value is -0.570. The molecule has 0 aromatic rings. The second-order valence-electron chi connectivity index (χ2n) is 5.32. The SMILES string of the molecule is CCCN(CCC)C(=O)C[C@@H](CN)CC(C)C. The number of rotatable bonds is 9. The van der Waals surface area contributed by atoms with Gasteiger partial charge in [0.1, 0.15) is 0 Å². The first-order valence-electron chi connectivity index (χ1n) is 7.02. The van der Waals surface area contributed by atoms with Crippen molar-refractivity contribution in [2.24, 2.45) is 17.6 Å². The van der Waals surface area contributed by atoms with E-state index in [9.17, 15) is 4.79 Å². The summed E-state index contributed by atoms with van der Waals surface area (Å²) in [6.45, 7) is 11.0. The predicted molar refractivity (Wildman–Crippen MR) is 73.8 cm³/mol. The van der Waals surface area contributed by atoms with E-state index in [4.69, 9.17) is 5.73 Å². The third-order valence-electron chi connectivity index (χ3n) is 2.94. The Balaban J connectivity index is 4.24. The largest absolute Gasteiger partial charge is 0.343 e. The van der Waals surface area contributed by atoms with Crippen molar-refractivity contribution in [1.29, 1.82) is 0 Å². The lowest BCUT2D eigenvalue weighted by atomic mass is 9.93. The van der Waals surface area contributed by atoms with Gasteiger partial charge in [0.05, 0.1) is 0 Å². The maximum absolute atomic E-state index is 12.1. The van der Waals surface area contributed by atoms with Gasteiger partial charge in [-0.2, -0.15) is 0 Å². The molecule has 0 saturated heterocycles. The highest BCUT2D eigenvalue weighted by atomic mass is 16.2. The van der Waals surface area contributed by atoms with Gasteiger partial charge in [-0.05, 0) is 37.6 Å². The lowest BCUT2D eigenvalue weighted by Crippen LogP contribution is -2.35. The summed E-state index contributed by atoms with van der Waals surface area (Å²) in [5, 5.41) is 0. The molecule has 0 aliphatic rings. The zero-order valence-corrected chi connectivity index (χ0v) is 12.0. The molecule has 0 aromatic carbocycles. The van der Waals surface area contributed by atoms with Crippen LogP contribution in [0.3, 0.4) is 0 Å². The van der Waals surface area contributed by atoms with Crippen molar-refractivity contribution in [2.75, 3.05) is 19.6 Å². The Labute approximate surface area is 107 Å². The van der Waals surface area contributed by atoms with Crippen LogP contribution in [0.15, 0.2) is 0 Å². The number of carbonyl (C=O) groups excluding carboxylic acids is 1. The summed E-state index contributed by atoms with van der Waals surface area (Å²) < 4.78 is 0. The van der Waals surface area contributed by atoms with Crippen molar-refractivity contribution in [1.82, 2.24) is 4.90 Å². The summed E-state index contributed by atoms with van der Waals surface area (Å²) in [5.41, 5.74) is 5.75. The van der Waals surface area contributed by atoms with Crippen LogP contribution < -0.4 is 5.73 Å². The first-order valence-corrected chi connectivity index (χ1v) is 7.02. The van der Waals surface area contributed by atoms with Crippen LogP contribution in [0.4, 0.5) is 0 Å². The van der Waals surface area contributed by atoms with Gasteiger partial charge >= 0.3 is 0 Å². The topological polar surface area (TPSA) is 46.3 Å². The predicted octanol–water partition coefficient (Wildman–Crippen LogP) is 2.65. The lowest BCUT2D eigenvalue weighted by Gasteiger charge is -2.24. The summed E-state index contributed by atoms with van der Waals surface area (Å²) in [4.78, 5) is 14.1. The van der Waals surface area contributed by atoms with E-state index >= 15 is 0 Å². The van der Waals surface area contributed by atoms with Gasteiger partial charge in [-0.1, -0.05) is 27.7 Å². The fourth-order valence-corrected chi connectivity index (χ4v) is 2.21. The molecule has 0 saturated carbocycles. The number of amides is 1. The molecule has 0 bridgehead atoms. The minimum absolute atomic E-state index is 0.282. The Morgan fingerprint density at radius 2 is 1.71 bits per heavy atom. The monoisotopic (exact) mass is 242 g/mol. The number of nitrogens with two attached hydrogens (primary N) is 1. The first kappa shape index (κ1) is 16.4. The molecule has 3 heteroatoms. The molecule has 1 amide bonds. The van der Waals surface area contributed by atoms with Crippen LogP contribution in [-0.2, 0) is 4.79 Å². The molecule has 102 valence electrons. The molecule has 0 heterocycles. The van der Waals surface area contributed by atoms with Gasteiger partial charge in [0.2, 0.25) is 5.91 Å². The first-order chi connectivity index (χ1) is 8.04. The van der Waals surface area contributed by atoms with E-state index in [-0.39, 0.29) is 5.91 Å². The molecule has 0 rings (SSSR count). The molecule has 0 radical (unpaired) electrons. The minimum atomic E-state index is 0.282. The summed E-state index contributed by atoms with van der Waals surface area (Å²) >= 11 is 0. The van der Waals surface area contributed by atoms with Gasteiger partial charge in [0.15, 0.2) is 0 Å². The molecule has 17 heavy (non-hydrogen) atoms. The van der Waals surface area contributed by atoms with Gasteiger partial charge in [-0.25, -0.2) is 0 Å². The molecule has 0 aliphatic heterocycles. The molecule has 1 atom stereocenters. The van der Waals surface area contributed by atoms with E-state index in [0.29, 0.717) is 24.8 Å². The van der Waals surface area contributed by atoms with Crippen molar-refractivity contribution in [3.8, 4) is 0 Å². The Kier molecular flexibility index (Phi) is 9.14. The van der Waals surface area contributed by atoms with Gasteiger partial charge in [0, 0.05) is 19.5 Å². The zero-order valence-electron chi connectivity index (χ0n) is 12.0. The summed E-state index contributed by atoms with van der Waals surface area (Å²) in [5.74, 6) is 1.24. The van der Waals surface area contributed by atoms with Gasteiger partial charge < -0.3 is 10.6 Å². The van der Waals surface area contributed by atoms with Crippen molar-refractivity contribution in [2.45, 2.75) is 53.4 Å². The fraction of sp³-hybridized carbons (Fsp3) is 0.929. The van der Waals surface area contributed by atoms with Crippen molar-refractivity contribution < 1.29 is 4.79 Å². The summed E-state index contributed by atoms with van der Waals surface area (Å²) in [6.07, 6.45) is 3.73. The normalized spacial score (nSPS) is 12.8. The van der Waals surface area contributed by atoms with E-state index < -0.39 is 0 Å². The summed E-state index contributed by atoms with van der Waals surface area (Å²) in [6, 6.07) is 0. The Morgan fingerprint density at radius 3 is 2.06 bits per heavy atom. The third kappa shape index (κ3) is 7.37. The van der Waals surface area contributed by atoms with Crippen molar-refractivity contribution in [3.05, 3.63) is 0 Å². The number of hydrogen-bond acceptors (Lipinski definition) is 2. The quantitative estimate of drug-likeness (QED) is 0.675. The third-order valence-corrected chi connectivity index (χ3v) is 2.94. The zero-order chi connectivity index (χ0) is 13.3. The fourth-order valence-electron chi connectivity index (χ4n) is 2.21. The van der Waals surface area contributed by atoms with Gasteiger partial charge in [0.25, 0.3) is 0 Å². The van der Waals surface area contributed by atoms with E-state index in [2.05, 4.69) is 27.7 Å². The highest BCUT2D eigenvalue weighted by Gasteiger charge is 2.18. The van der Waals surface area contributed by atoms with Crippen molar-refractivity contribution >= 4 is 5.91 Å². The van der Waals surface area contributed by atoms with Crippen LogP contribution in [0, 0.1) is 11.8 Å². The molecule has 2 N–H and O–H groups in total. The second-order valence-corrected chi connectivity index (χ2v) is 5.32. The minimum Gasteiger partial charge on any atom is -0.343 e. The standard InChI is InChI=1S/C14H30N2O/c1-5-7-16(8-6-2)14(17)10-13(11-15)9-12(3)4/h12-13H,5-11,15H2,1-4H3/t13-/m0/s1. The van der Waals surface area contributed by atoms with Crippen LogP contribution in [0.1, 0.15) is 53.4 Å². The van der Waals surface area contributed by atoms with Crippen LogP contribution in [-0.4, -0.2) is 30.4 Å². The van der Waals surface area contributed by atoms with Crippen LogP contribution in [0.5, 0.6) is 0 Å². The molecular weight excluding hydrogens is 212 g/mol. The van der Waals surface area contributed by atoms with Crippen LogP contribution in [0.25, 0.3) is 0 Å². The summed E-state index contributed by atoms with van der Waals surface area (Å²) in [7, 11) is 0. The van der Waals surface area contributed by atoms with Crippen LogP contribution >= 0.6 is 0 Å². The van der Waals surface area contributed by atoms with Crippen LogP contribution in [0.2, 0.25) is 0 Å². The molecular formula is C14H30N2O. The number of hydrogen-bond donors (Lipinski definition) is 1. The highest BCUT2D eigenvalue weighted by Crippen LogP contribution is 2.15.